The Kier molecular flexibility index (Phi) is 6.00. The van der Waals surface area contributed by atoms with Crippen molar-refractivity contribution in [3.8, 4) is 0 Å². The summed E-state index contributed by atoms with van der Waals surface area (Å²) in [6.45, 7) is 13.6. The molecule has 0 rings (SSSR count). The highest BCUT2D eigenvalue weighted by atomic mass is 15.2. The third kappa shape index (κ3) is 5.83. The highest BCUT2D eigenvalue weighted by Gasteiger charge is 2.17. The van der Waals surface area contributed by atoms with Crippen LogP contribution in [0.15, 0.2) is 12.7 Å². The first-order valence-corrected chi connectivity index (χ1v) is 5.08. The summed E-state index contributed by atoms with van der Waals surface area (Å²) in [4.78, 5) is 2.42. The molecule has 0 aromatic carbocycles. The van der Waals surface area contributed by atoms with Crippen molar-refractivity contribution >= 4 is 0 Å². The molecule has 0 spiro atoms. The molecule has 0 heterocycles. The van der Waals surface area contributed by atoms with Crippen LogP contribution in [0.5, 0.6) is 0 Å². The van der Waals surface area contributed by atoms with E-state index in [0.717, 1.165) is 19.6 Å². The zero-order valence-corrected chi connectivity index (χ0v) is 9.56. The van der Waals surface area contributed by atoms with Gasteiger partial charge in [-0.25, -0.2) is 0 Å². The summed E-state index contributed by atoms with van der Waals surface area (Å²) in [7, 11) is 2.01. The van der Waals surface area contributed by atoms with Gasteiger partial charge in [-0.1, -0.05) is 13.0 Å². The van der Waals surface area contributed by atoms with Crippen molar-refractivity contribution in [2.24, 2.45) is 0 Å². The third-order valence-electron chi connectivity index (χ3n) is 2.22. The lowest BCUT2D eigenvalue weighted by Crippen LogP contribution is -2.47. The normalized spacial score (nSPS) is 12.1. The quantitative estimate of drug-likeness (QED) is 0.608. The van der Waals surface area contributed by atoms with E-state index in [4.69, 9.17) is 0 Å². The first kappa shape index (κ1) is 12.7. The van der Waals surface area contributed by atoms with E-state index in [1.807, 2.05) is 13.1 Å². The van der Waals surface area contributed by atoms with Crippen LogP contribution in [0.25, 0.3) is 0 Å². The smallest absolute Gasteiger partial charge is 0.0249 e. The number of hydrogen-bond acceptors (Lipinski definition) is 2. The Balaban J connectivity index is 3.99. The molecule has 0 aliphatic heterocycles. The Bertz CT molecular complexity index is 141. The molecule has 78 valence electrons. The van der Waals surface area contributed by atoms with Gasteiger partial charge < -0.3 is 5.32 Å². The Labute approximate surface area is 83.0 Å². The summed E-state index contributed by atoms with van der Waals surface area (Å²) in [5.74, 6) is 0. The fourth-order valence-corrected chi connectivity index (χ4v) is 1.37. The predicted octanol–water partition coefficient (Wildman–Crippen LogP) is 1.88. The van der Waals surface area contributed by atoms with Crippen LogP contribution >= 0.6 is 0 Å². The van der Waals surface area contributed by atoms with Crippen molar-refractivity contribution in [3.05, 3.63) is 12.7 Å². The molecule has 0 amide bonds. The van der Waals surface area contributed by atoms with Crippen molar-refractivity contribution in [2.45, 2.75) is 32.7 Å². The van der Waals surface area contributed by atoms with Gasteiger partial charge in [-0.2, -0.15) is 0 Å². The van der Waals surface area contributed by atoms with E-state index in [1.165, 1.54) is 6.42 Å². The van der Waals surface area contributed by atoms with Crippen LogP contribution in [-0.4, -0.2) is 37.1 Å². The Morgan fingerprint density at radius 2 is 2.08 bits per heavy atom. The topological polar surface area (TPSA) is 15.3 Å². The van der Waals surface area contributed by atoms with E-state index in [0.29, 0.717) is 0 Å². The monoisotopic (exact) mass is 184 g/mol. The van der Waals surface area contributed by atoms with Crippen LogP contribution in [0.2, 0.25) is 0 Å². The Hall–Kier alpha value is -0.340. The summed E-state index contributed by atoms with van der Waals surface area (Å²) < 4.78 is 0. The minimum atomic E-state index is 0.193. The van der Waals surface area contributed by atoms with E-state index in [9.17, 15) is 0 Å². The van der Waals surface area contributed by atoms with Gasteiger partial charge in [0.1, 0.15) is 0 Å². The molecule has 2 heteroatoms. The van der Waals surface area contributed by atoms with Crippen LogP contribution in [0.4, 0.5) is 0 Å². The number of hydrogen-bond donors (Lipinski definition) is 1. The zero-order chi connectivity index (χ0) is 10.3. The molecule has 0 bridgehead atoms. The van der Waals surface area contributed by atoms with Crippen molar-refractivity contribution in [2.75, 3.05) is 26.7 Å². The van der Waals surface area contributed by atoms with Gasteiger partial charge in [0.05, 0.1) is 0 Å². The van der Waals surface area contributed by atoms with Crippen LogP contribution in [0, 0.1) is 0 Å². The van der Waals surface area contributed by atoms with Crippen LogP contribution in [0.3, 0.4) is 0 Å². The van der Waals surface area contributed by atoms with Gasteiger partial charge in [-0.05, 0) is 33.9 Å². The maximum absolute atomic E-state index is 3.78. The summed E-state index contributed by atoms with van der Waals surface area (Å²) in [6.07, 6.45) is 3.18. The average molecular weight is 184 g/mol. The Morgan fingerprint density at radius 1 is 1.46 bits per heavy atom. The molecule has 2 nitrogen and oxygen atoms in total. The Morgan fingerprint density at radius 3 is 2.46 bits per heavy atom. The molecule has 0 atom stereocenters. The van der Waals surface area contributed by atoms with Crippen LogP contribution < -0.4 is 5.32 Å². The molecular weight excluding hydrogens is 160 g/mol. The molecule has 0 aliphatic rings. The number of rotatable bonds is 7. The lowest BCUT2D eigenvalue weighted by atomic mass is 10.1. The molecule has 0 aromatic rings. The van der Waals surface area contributed by atoms with E-state index >= 15 is 0 Å². The maximum atomic E-state index is 3.78. The molecule has 0 saturated heterocycles. The third-order valence-corrected chi connectivity index (χ3v) is 2.22. The second-order valence-electron chi connectivity index (χ2n) is 4.16. The standard InChI is InChI=1S/C11H24N2/c1-6-8-13(9-7-2)10-11(3,4)12-5/h6,12H,1,7-10H2,2-5H3. The van der Waals surface area contributed by atoms with E-state index in [2.05, 4.69) is 37.6 Å². The van der Waals surface area contributed by atoms with Gasteiger partial charge in [-0.3, -0.25) is 4.90 Å². The zero-order valence-electron chi connectivity index (χ0n) is 9.56. The van der Waals surface area contributed by atoms with Gasteiger partial charge in [0.2, 0.25) is 0 Å². The van der Waals surface area contributed by atoms with Gasteiger partial charge in [0.25, 0.3) is 0 Å². The van der Waals surface area contributed by atoms with Crippen molar-refractivity contribution in [1.82, 2.24) is 10.2 Å². The molecule has 0 radical (unpaired) electrons. The predicted molar refractivity (Wildman–Crippen MR) is 60.1 cm³/mol. The van der Waals surface area contributed by atoms with Crippen molar-refractivity contribution < 1.29 is 0 Å². The minimum absolute atomic E-state index is 0.193. The SMILES string of the molecule is C=CCN(CCC)CC(C)(C)NC. The van der Waals surface area contributed by atoms with Crippen LogP contribution in [0.1, 0.15) is 27.2 Å². The molecule has 0 saturated carbocycles. The first-order chi connectivity index (χ1) is 6.05. The van der Waals surface area contributed by atoms with Crippen molar-refractivity contribution in [3.63, 3.8) is 0 Å². The maximum Gasteiger partial charge on any atom is 0.0249 e. The summed E-state index contributed by atoms with van der Waals surface area (Å²) in [5.41, 5.74) is 0.193. The summed E-state index contributed by atoms with van der Waals surface area (Å²) in [6, 6.07) is 0. The molecule has 0 aliphatic carbocycles. The molecular formula is C11H24N2. The molecule has 0 aromatic heterocycles. The lowest BCUT2D eigenvalue weighted by Gasteiger charge is -2.31. The fourth-order valence-electron chi connectivity index (χ4n) is 1.37. The number of nitrogens with one attached hydrogen (secondary N) is 1. The summed E-state index contributed by atoms with van der Waals surface area (Å²) >= 11 is 0. The highest BCUT2D eigenvalue weighted by molar-refractivity contribution is 4.83. The molecule has 0 fully saturated rings. The number of nitrogens with zero attached hydrogens (tertiary/aromatic N) is 1. The molecule has 0 unspecified atom stereocenters. The largest absolute Gasteiger partial charge is 0.314 e. The van der Waals surface area contributed by atoms with Crippen LogP contribution in [-0.2, 0) is 0 Å². The highest BCUT2D eigenvalue weighted by Crippen LogP contribution is 2.05. The second kappa shape index (κ2) is 6.17. The molecule has 1 N–H and O–H groups in total. The van der Waals surface area contributed by atoms with Gasteiger partial charge in [-0.15, -0.1) is 6.58 Å². The summed E-state index contributed by atoms with van der Waals surface area (Å²) in [5, 5.41) is 3.31. The fraction of sp³-hybridized carbons (Fsp3) is 0.818. The minimum Gasteiger partial charge on any atom is -0.314 e. The van der Waals surface area contributed by atoms with Gasteiger partial charge in [0.15, 0.2) is 0 Å². The number of likely N-dealkylation sites (N-methyl/N-ethyl adjacent to an activating group) is 1. The average Bonchev–Trinajstić information content (AvgIpc) is 2.05. The van der Waals surface area contributed by atoms with E-state index < -0.39 is 0 Å². The van der Waals surface area contributed by atoms with Gasteiger partial charge in [0, 0.05) is 18.6 Å². The van der Waals surface area contributed by atoms with Crippen molar-refractivity contribution in [1.29, 1.82) is 0 Å². The first-order valence-electron chi connectivity index (χ1n) is 5.08. The molecule has 13 heavy (non-hydrogen) atoms. The lowest BCUT2D eigenvalue weighted by molar-refractivity contribution is 0.225. The van der Waals surface area contributed by atoms with Gasteiger partial charge >= 0.3 is 0 Å². The van der Waals surface area contributed by atoms with E-state index in [-0.39, 0.29) is 5.54 Å². The second-order valence-corrected chi connectivity index (χ2v) is 4.16. The van der Waals surface area contributed by atoms with E-state index in [1.54, 1.807) is 0 Å².